The van der Waals surface area contributed by atoms with E-state index in [9.17, 15) is 0 Å². The first-order valence-corrected chi connectivity index (χ1v) is 5.92. The Morgan fingerprint density at radius 3 is 2.62 bits per heavy atom. The van der Waals surface area contributed by atoms with Gasteiger partial charge in [-0.3, -0.25) is 4.68 Å². The number of hydrogen-bond donors (Lipinski definition) is 1. The first-order chi connectivity index (χ1) is 7.52. The van der Waals surface area contributed by atoms with Crippen molar-refractivity contribution < 1.29 is 4.74 Å². The monoisotopic (exact) mass is 225 g/mol. The standard InChI is InChI=1S/C12H23N3O/c1-5-10-7-11(15(6-2)14-10)8-16-12(3,4)9-13/h7H,5-6,8-9,13H2,1-4H3. The Labute approximate surface area is 97.8 Å². The molecule has 0 saturated carbocycles. The molecule has 1 aromatic rings. The number of nitrogens with zero attached hydrogens (tertiary/aromatic N) is 2. The Balaban J connectivity index is 2.69. The quantitative estimate of drug-likeness (QED) is 0.802. The molecule has 4 heteroatoms. The van der Waals surface area contributed by atoms with E-state index < -0.39 is 0 Å². The van der Waals surface area contributed by atoms with Crippen molar-refractivity contribution in [2.75, 3.05) is 6.54 Å². The van der Waals surface area contributed by atoms with Gasteiger partial charge in [-0.1, -0.05) is 6.92 Å². The fraction of sp³-hybridized carbons (Fsp3) is 0.750. The zero-order valence-electron chi connectivity index (χ0n) is 10.8. The number of aryl methyl sites for hydroxylation is 2. The summed E-state index contributed by atoms with van der Waals surface area (Å²) in [4.78, 5) is 0. The third-order valence-corrected chi connectivity index (χ3v) is 2.68. The summed E-state index contributed by atoms with van der Waals surface area (Å²) < 4.78 is 7.77. The zero-order valence-corrected chi connectivity index (χ0v) is 10.8. The molecule has 1 rings (SSSR count). The molecule has 0 atom stereocenters. The van der Waals surface area contributed by atoms with Gasteiger partial charge in [-0.15, -0.1) is 0 Å². The van der Waals surface area contributed by atoms with Crippen LogP contribution in [0.4, 0.5) is 0 Å². The molecule has 4 nitrogen and oxygen atoms in total. The van der Waals surface area contributed by atoms with E-state index in [1.165, 1.54) is 0 Å². The van der Waals surface area contributed by atoms with Gasteiger partial charge in [0.2, 0.25) is 0 Å². The maximum atomic E-state index is 5.78. The van der Waals surface area contributed by atoms with Crippen molar-refractivity contribution in [2.45, 2.75) is 52.9 Å². The summed E-state index contributed by atoms with van der Waals surface area (Å²) in [6, 6.07) is 2.11. The van der Waals surface area contributed by atoms with Crippen LogP contribution in [-0.4, -0.2) is 21.9 Å². The maximum Gasteiger partial charge on any atom is 0.0892 e. The van der Waals surface area contributed by atoms with Gasteiger partial charge in [0, 0.05) is 13.1 Å². The average molecular weight is 225 g/mol. The molecule has 0 aliphatic heterocycles. The number of hydrogen-bond acceptors (Lipinski definition) is 3. The lowest BCUT2D eigenvalue weighted by Crippen LogP contribution is -2.34. The van der Waals surface area contributed by atoms with Crippen LogP contribution in [-0.2, 0) is 24.3 Å². The summed E-state index contributed by atoms with van der Waals surface area (Å²) >= 11 is 0. The van der Waals surface area contributed by atoms with Crippen LogP contribution in [0.15, 0.2) is 6.07 Å². The van der Waals surface area contributed by atoms with Crippen molar-refractivity contribution in [2.24, 2.45) is 5.73 Å². The van der Waals surface area contributed by atoms with Gasteiger partial charge in [0.25, 0.3) is 0 Å². The smallest absolute Gasteiger partial charge is 0.0892 e. The van der Waals surface area contributed by atoms with Crippen molar-refractivity contribution in [3.05, 3.63) is 17.5 Å². The predicted octanol–water partition coefficient (Wildman–Crippen LogP) is 1.72. The van der Waals surface area contributed by atoms with Crippen LogP contribution < -0.4 is 5.73 Å². The molecule has 0 amide bonds. The summed E-state index contributed by atoms with van der Waals surface area (Å²) in [5, 5.41) is 4.48. The van der Waals surface area contributed by atoms with E-state index in [-0.39, 0.29) is 5.60 Å². The second-order valence-electron chi connectivity index (χ2n) is 4.55. The molecule has 0 bridgehead atoms. The molecule has 0 aromatic carbocycles. The van der Waals surface area contributed by atoms with E-state index >= 15 is 0 Å². The average Bonchev–Trinajstić information content (AvgIpc) is 2.69. The largest absolute Gasteiger partial charge is 0.368 e. The number of aromatic nitrogens is 2. The van der Waals surface area contributed by atoms with Crippen molar-refractivity contribution in [1.82, 2.24) is 9.78 Å². The summed E-state index contributed by atoms with van der Waals surface area (Å²) in [5.74, 6) is 0. The third kappa shape index (κ3) is 3.32. The lowest BCUT2D eigenvalue weighted by molar-refractivity contribution is -0.0250. The molecule has 1 heterocycles. The van der Waals surface area contributed by atoms with Crippen molar-refractivity contribution in [3.8, 4) is 0 Å². The molecule has 0 aliphatic rings. The van der Waals surface area contributed by atoms with Crippen LogP contribution in [0.5, 0.6) is 0 Å². The van der Waals surface area contributed by atoms with E-state index in [0.717, 1.165) is 24.4 Å². The maximum absolute atomic E-state index is 5.78. The van der Waals surface area contributed by atoms with Gasteiger partial charge < -0.3 is 10.5 Å². The van der Waals surface area contributed by atoms with Crippen LogP contribution in [0.2, 0.25) is 0 Å². The SMILES string of the molecule is CCc1cc(COC(C)(C)CN)n(CC)n1. The van der Waals surface area contributed by atoms with Crippen LogP contribution in [0.3, 0.4) is 0 Å². The molecular weight excluding hydrogens is 202 g/mol. The Hall–Kier alpha value is -0.870. The fourth-order valence-electron chi connectivity index (χ4n) is 1.41. The van der Waals surface area contributed by atoms with Crippen LogP contribution in [0.1, 0.15) is 39.1 Å². The van der Waals surface area contributed by atoms with Gasteiger partial charge in [-0.05, 0) is 33.3 Å². The summed E-state index contributed by atoms with van der Waals surface area (Å²) in [6.45, 7) is 10.2. The normalized spacial score (nSPS) is 12.1. The highest BCUT2D eigenvalue weighted by Crippen LogP contribution is 2.13. The van der Waals surface area contributed by atoms with E-state index in [1.54, 1.807) is 0 Å². The molecule has 0 radical (unpaired) electrons. The molecule has 0 spiro atoms. The van der Waals surface area contributed by atoms with E-state index in [1.807, 2.05) is 18.5 Å². The van der Waals surface area contributed by atoms with E-state index in [4.69, 9.17) is 10.5 Å². The van der Waals surface area contributed by atoms with E-state index in [2.05, 4.69) is 25.0 Å². The molecule has 92 valence electrons. The van der Waals surface area contributed by atoms with Crippen LogP contribution >= 0.6 is 0 Å². The van der Waals surface area contributed by atoms with Gasteiger partial charge >= 0.3 is 0 Å². The molecular formula is C12H23N3O. The van der Waals surface area contributed by atoms with Crippen molar-refractivity contribution in [3.63, 3.8) is 0 Å². The zero-order chi connectivity index (χ0) is 12.2. The molecule has 0 fully saturated rings. The van der Waals surface area contributed by atoms with Gasteiger partial charge in [0.15, 0.2) is 0 Å². The molecule has 2 N–H and O–H groups in total. The second-order valence-corrected chi connectivity index (χ2v) is 4.55. The fourth-order valence-corrected chi connectivity index (χ4v) is 1.41. The lowest BCUT2D eigenvalue weighted by atomic mass is 10.1. The minimum absolute atomic E-state index is 0.269. The molecule has 1 aromatic heterocycles. The predicted molar refractivity (Wildman–Crippen MR) is 65.2 cm³/mol. The van der Waals surface area contributed by atoms with Crippen LogP contribution in [0.25, 0.3) is 0 Å². The minimum atomic E-state index is -0.269. The lowest BCUT2D eigenvalue weighted by Gasteiger charge is -2.23. The highest BCUT2D eigenvalue weighted by Gasteiger charge is 2.17. The molecule has 16 heavy (non-hydrogen) atoms. The third-order valence-electron chi connectivity index (χ3n) is 2.68. The molecule has 0 saturated heterocycles. The van der Waals surface area contributed by atoms with Gasteiger partial charge in [0.05, 0.1) is 23.6 Å². The van der Waals surface area contributed by atoms with Gasteiger partial charge in [-0.2, -0.15) is 5.10 Å². The van der Waals surface area contributed by atoms with Gasteiger partial charge in [-0.25, -0.2) is 0 Å². The number of ether oxygens (including phenoxy) is 1. The number of nitrogens with two attached hydrogens (primary N) is 1. The Bertz CT molecular complexity index is 331. The summed E-state index contributed by atoms with van der Waals surface area (Å²) in [7, 11) is 0. The molecule has 0 aliphatic carbocycles. The topological polar surface area (TPSA) is 53.1 Å². The minimum Gasteiger partial charge on any atom is -0.368 e. The Morgan fingerprint density at radius 2 is 2.12 bits per heavy atom. The van der Waals surface area contributed by atoms with Crippen molar-refractivity contribution >= 4 is 0 Å². The molecule has 0 unspecified atom stereocenters. The highest BCUT2D eigenvalue weighted by atomic mass is 16.5. The first-order valence-electron chi connectivity index (χ1n) is 5.92. The van der Waals surface area contributed by atoms with E-state index in [0.29, 0.717) is 13.2 Å². The highest BCUT2D eigenvalue weighted by molar-refractivity contribution is 5.09. The Morgan fingerprint density at radius 1 is 1.44 bits per heavy atom. The summed E-state index contributed by atoms with van der Waals surface area (Å²) in [5.41, 5.74) is 7.60. The van der Waals surface area contributed by atoms with Crippen molar-refractivity contribution in [1.29, 1.82) is 0 Å². The summed E-state index contributed by atoms with van der Waals surface area (Å²) in [6.07, 6.45) is 0.959. The number of rotatable bonds is 6. The first kappa shape index (κ1) is 13.2. The van der Waals surface area contributed by atoms with Crippen LogP contribution in [0, 0.1) is 0 Å². The van der Waals surface area contributed by atoms with Gasteiger partial charge in [0.1, 0.15) is 0 Å². The second kappa shape index (κ2) is 5.46. The Kier molecular flexibility index (Phi) is 4.50.